The van der Waals surface area contributed by atoms with Gasteiger partial charge >= 0.3 is 0 Å². The number of anilines is 1. The van der Waals surface area contributed by atoms with Crippen molar-refractivity contribution >= 4 is 43.2 Å². The summed E-state index contributed by atoms with van der Waals surface area (Å²) in [6.45, 7) is 0.358. The van der Waals surface area contributed by atoms with Gasteiger partial charge in [-0.25, -0.2) is 13.1 Å². The minimum Gasteiger partial charge on any atom is -0.446 e. The minimum absolute atomic E-state index is 0.106. The van der Waals surface area contributed by atoms with E-state index in [0.29, 0.717) is 17.3 Å². The first kappa shape index (κ1) is 15.4. The summed E-state index contributed by atoms with van der Waals surface area (Å²) in [6.07, 6.45) is 0. The van der Waals surface area contributed by atoms with Crippen LogP contribution in [0.1, 0.15) is 5.76 Å². The Kier molecular flexibility index (Phi) is 4.74. The van der Waals surface area contributed by atoms with Crippen molar-refractivity contribution in [2.24, 2.45) is 0 Å². The van der Waals surface area contributed by atoms with Gasteiger partial charge in [-0.1, -0.05) is 11.6 Å². The van der Waals surface area contributed by atoms with Crippen LogP contribution in [0.2, 0.25) is 5.02 Å². The molecule has 0 amide bonds. The SMILES string of the molecule is CNS(=O)(=O)c1ccc(CNc2ccc(Br)c(Cl)c2)o1. The van der Waals surface area contributed by atoms with Gasteiger partial charge in [0.15, 0.2) is 0 Å². The number of sulfonamides is 1. The van der Waals surface area contributed by atoms with E-state index in [-0.39, 0.29) is 5.09 Å². The highest BCUT2D eigenvalue weighted by Gasteiger charge is 2.16. The molecule has 108 valence electrons. The molecule has 0 saturated carbocycles. The van der Waals surface area contributed by atoms with E-state index < -0.39 is 10.0 Å². The van der Waals surface area contributed by atoms with Crippen LogP contribution in [0.4, 0.5) is 5.69 Å². The number of hydrogen-bond donors (Lipinski definition) is 2. The number of nitrogens with one attached hydrogen (secondary N) is 2. The summed E-state index contributed by atoms with van der Waals surface area (Å²) in [6, 6.07) is 8.46. The van der Waals surface area contributed by atoms with Gasteiger partial charge in [0.25, 0.3) is 10.0 Å². The number of benzene rings is 1. The molecule has 2 rings (SSSR count). The maximum atomic E-state index is 11.5. The second-order valence-corrected chi connectivity index (χ2v) is 6.99. The van der Waals surface area contributed by atoms with E-state index in [1.165, 1.54) is 13.1 Å². The van der Waals surface area contributed by atoms with Crippen molar-refractivity contribution in [1.29, 1.82) is 0 Å². The summed E-state index contributed by atoms with van der Waals surface area (Å²) in [4.78, 5) is 0. The van der Waals surface area contributed by atoms with Gasteiger partial charge < -0.3 is 9.73 Å². The third kappa shape index (κ3) is 3.54. The van der Waals surface area contributed by atoms with Crippen LogP contribution in [0.3, 0.4) is 0 Å². The van der Waals surface area contributed by atoms with E-state index in [4.69, 9.17) is 16.0 Å². The fourth-order valence-corrected chi connectivity index (χ4v) is 2.59. The summed E-state index contributed by atoms with van der Waals surface area (Å²) in [5.41, 5.74) is 0.813. The van der Waals surface area contributed by atoms with Crippen LogP contribution >= 0.6 is 27.5 Å². The van der Waals surface area contributed by atoms with Crippen molar-refractivity contribution < 1.29 is 12.8 Å². The molecule has 8 heteroatoms. The summed E-state index contributed by atoms with van der Waals surface area (Å²) in [5, 5.41) is 3.58. The standard InChI is InChI=1S/C12H12BrClN2O3S/c1-15-20(17,18)12-5-3-9(19-12)7-16-8-2-4-10(13)11(14)6-8/h2-6,15-16H,7H2,1H3. The van der Waals surface area contributed by atoms with E-state index in [2.05, 4.69) is 26.0 Å². The maximum Gasteiger partial charge on any atom is 0.273 e. The average Bonchev–Trinajstić information content (AvgIpc) is 2.90. The van der Waals surface area contributed by atoms with Gasteiger partial charge in [-0.3, -0.25) is 0 Å². The summed E-state index contributed by atoms with van der Waals surface area (Å²) >= 11 is 9.29. The molecule has 0 saturated heterocycles. The molecule has 5 nitrogen and oxygen atoms in total. The Morgan fingerprint density at radius 1 is 1.30 bits per heavy atom. The van der Waals surface area contributed by atoms with Gasteiger partial charge in [0.1, 0.15) is 5.76 Å². The predicted molar refractivity (Wildman–Crippen MR) is 81.4 cm³/mol. The Morgan fingerprint density at radius 2 is 2.05 bits per heavy atom. The molecule has 0 radical (unpaired) electrons. The molecule has 2 N–H and O–H groups in total. The number of hydrogen-bond acceptors (Lipinski definition) is 4. The van der Waals surface area contributed by atoms with Crippen molar-refractivity contribution in [1.82, 2.24) is 4.72 Å². The molecule has 0 aliphatic heterocycles. The number of rotatable bonds is 5. The molecule has 0 bridgehead atoms. The Balaban J connectivity index is 2.06. The van der Waals surface area contributed by atoms with Gasteiger partial charge in [0.2, 0.25) is 5.09 Å². The Bertz CT molecular complexity index is 715. The Morgan fingerprint density at radius 3 is 2.70 bits per heavy atom. The Labute approximate surface area is 130 Å². The topological polar surface area (TPSA) is 71.3 Å². The van der Waals surface area contributed by atoms with Crippen molar-refractivity contribution in [2.75, 3.05) is 12.4 Å². The smallest absolute Gasteiger partial charge is 0.273 e. The van der Waals surface area contributed by atoms with Crippen LogP contribution in [0.25, 0.3) is 0 Å². The third-order valence-corrected chi connectivity index (χ3v) is 5.08. The zero-order valence-electron chi connectivity index (χ0n) is 10.5. The van der Waals surface area contributed by atoms with Crippen LogP contribution in [-0.2, 0) is 16.6 Å². The van der Waals surface area contributed by atoms with Gasteiger partial charge in [-0.05, 0) is 53.3 Å². The number of furan rings is 1. The van der Waals surface area contributed by atoms with Gasteiger partial charge in [0.05, 0.1) is 11.6 Å². The molecule has 0 fully saturated rings. The fraction of sp³-hybridized carbons (Fsp3) is 0.167. The highest BCUT2D eigenvalue weighted by Crippen LogP contribution is 2.26. The van der Waals surface area contributed by atoms with E-state index in [1.807, 2.05) is 12.1 Å². The van der Waals surface area contributed by atoms with Crippen molar-refractivity contribution in [3.8, 4) is 0 Å². The second-order valence-electron chi connectivity index (χ2n) is 3.91. The summed E-state index contributed by atoms with van der Waals surface area (Å²) in [5.74, 6) is 0.512. The van der Waals surface area contributed by atoms with E-state index in [1.54, 1.807) is 12.1 Å². The average molecular weight is 380 g/mol. The highest BCUT2D eigenvalue weighted by atomic mass is 79.9. The van der Waals surface area contributed by atoms with Crippen LogP contribution in [-0.4, -0.2) is 15.5 Å². The van der Waals surface area contributed by atoms with Gasteiger partial charge in [-0.15, -0.1) is 0 Å². The van der Waals surface area contributed by atoms with E-state index >= 15 is 0 Å². The van der Waals surface area contributed by atoms with Crippen LogP contribution in [0.5, 0.6) is 0 Å². The maximum absolute atomic E-state index is 11.5. The lowest BCUT2D eigenvalue weighted by Crippen LogP contribution is -2.17. The summed E-state index contributed by atoms with van der Waals surface area (Å²) in [7, 11) is -2.21. The molecule has 0 unspecified atom stereocenters. The molecule has 20 heavy (non-hydrogen) atoms. The molecule has 0 atom stereocenters. The quantitative estimate of drug-likeness (QED) is 0.837. The zero-order valence-corrected chi connectivity index (χ0v) is 13.6. The monoisotopic (exact) mass is 378 g/mol. The fourth-order valence-electron chi connectivity index (χ4n) is 1.49. The molecule has 1 aromatic carbocycles. The predicted octanol–water partition coefficient (Wildman–Crippen LogP) is 3.22. The normalized spacial score (nSPS) is 11.6. The molecular formula is C12H12BrClN2O3S. The molecule has 1 aromatic heterocycles. The third-order valence-electron chi connectivity index (χ3n) is 2.56. The zero-order chi connectivity index (χ0) is 14.8. The molecule has 0 aliphatic rings. The second kappa shape index (κ2) is 6.17. The highest BCUT2D eigenvalue weighted by molar-refractivity contribution is 9.10. The van der Waals surface area contributed by atoms with Crippen molar-refractivity contribution in [3.63, 3.8) is 0 Å². The first-order chi connectivity index (χ1) is 9.42. The molecule has 0 spiro atoms. The Hall–Kier alpha value is -1.02. The molecular weight excluding hydrogens is 368 g/mol. The van der Waals surface area contributed by atoms with Crippen LogP contribution in [0, 0.1) is 0 Å². The molecule has 2 aromatic rings. The van der Waals surface area contributed by atoms with Crippen LogP contribution in [0.15, 0.2) is 44.3 Å². The number of halogens is 2. The largest absolute Gasteiger partial charge is 0.446 e. The lowest BCUT2D eigenvalue weighted by molar-refractivity contribution is 0.417. The van der Waals surface area contributed by atoms with Crippen molar-refractivity contribution in [2.45, 2.75) is 11.6 Å². The van der Waals surface area contributed by atoms with E-state index in [9.17, 15) is 8.42 Å². The van der Waals surface area contributed by atoms with Crippen molar-refractivity contribution in [3.05, 3.63) is 45.6 Å². The van der Waals surface area contributed by atoms with E-state index in [0.717, 1.165) is 10.2 Å². The minimum atomic E-state index is -3.54. The first-order valence-corrected chi connectivity index (χ1v) is 8.29. The van der Waals surface area contributed by atoms with Gasteiger partial charge in [-0.2, -0.15) is 0 Å². The van der Waals surface area contributed by atoms with Crippen LogP contribution < -0.4 is 10.0 Å². The lowest BCUT2D eigenvalue weighted by atomic mass is 10.3. The molecule has 1 heterocycles. The lowest BCUT2D eigenvalue weighted by Gasteiger charge is -2.05. The van der Waals surface area contributed by atoms with Gasteiger partial charge in [0, 0.05) is 10.2 Å². The summed E-state index contributed by atoms with van der Waals surface area (Å²) < 4.78 is 31.3. The molecule has 0 aliphatic carbocycles. The first-order valence-electron chi connectivity index (χ1n) is 5.63.